The molecule has 1 aliphatic carbocycles. The maximum atomic E-state index is 5.34. The molecule has 2 rings (SSSR count). The molecule has 0 bridgehead atoms. The van der Waals surface area contributed by atoms with Crippen molar-refractivity contribution < 1.29 is 9.47 Å². The van der Waals surface area contributed by atoms with Crippen LogP contribution in [-0.4, -0.2) is 31.2 Å². The van der Waals surface area contributed by atoms with Gasteiger partial charge in [-0.1, -0.05) is 25.7 Å². The average molecular weight is 265 g/mol. The van der Waals surface area contributed by atoms with Crippen LogP contribution >= 0.6 is 0 Å². The molecule has 1 atom stereocenters. The van der Waals surface area contributed by atoms with Crippen molar-refractivity contribution in [2.45, 2.75) is 38.1 Å². The summed E-state index contributed by atoms with van der Waals surface area (Å²) < 4.78 is 10.4. The molecule has 0 radical (unpaired) electrons. The smallest absolute Gasteiger partial charge is 0.240 e. The van der Waals surface area contributed by atoms with Crippen molar-refractivity contribution >= 4 is 0 Å². The fraction of sp³-hybridized carbons (Fsp3) is 0.714. The summed E-state index contributed by atoms with van der Waals surface area (Å²) in [6, 6.07) is 0.191. The summed E-state index contributed by atoms with van der Waals surface area (Å²) in [7, 11) is 5.16. The molecular formula is C14H23N3O2. The first-order valence-corrected chi connectivity index (χ1v) is 6.90. The van der Waals surface area contributed by atoms with E-state index in [2.05, 4.69) is 15.3 Å². The van der Waals surface area contributed by atoms with Gasteiger partial charge in [0.2, 0.25) is 11.8 Å². The van der Waals surface area contributed by atoms with Gasteiger partial charge >= 0.3 is 0 Å². The molecule has 1 fully saturated rings. The van der Waals surface area contributed by atoms with E-state index in [-0.39, 0.29) is 6.04 Å². The molecule has 1 heterocycles. The van der Waals surface area contributed by atoms with Crippen molar-refractivity contribution in [1.29, 1.82) is 0 Å². The predicted octanol–water partition coefficient (Wildman–Crippen LogP) is 2.33. The minimum Gasteiger partial charge on any atom is -0.480 e. The Labute approximate surface area is 114 Å². The summed E-state index contributed by atoms with van der Waals surface area (Å²) in [5, 5.41) is 3.33. The minimum atomic E-state index is 0.191. The van der Waals surface area contributed by atoms with Gasteiger partial charge in [0, 0.05) is 0 Å². The predicted molar refractivity (Wildman–Crippen MR) is 73.5 cm³/mol. The monoisotopic (exact) mass is 265 g/mol. The highest BCUT2D eigenvalue weighted by Crippen LogP contribution is 2.34. The van der Waals surface area contributed by atoms with E-state index in [1.165, 1.54) is 25.7 Å². The van der Waals surface area contributed by atoms with Gasteiger partial charge in [-0.3, -0.25) is 0 Å². The molecular weight excluding hydrogens is 242 g/mol. The van der Waals surface area contributed by atoms with Gasteiger partial charge in [-0.2, -0.15) is 4.98 Å². The normalized spacial score (nSPS) is 17.4. The van der Waals surface area contributed by atoms with Gasteiger partial charge in [0.25, 0.3) is 0 Å². The molecule has 0 aromatic carbocycles. The van der Waals surface area contributed by atoms with Gasteiger partial charge in [0.05, 0.1) is 26.5 Å². The summed E-state index contributed by atoms with van der Waals surface area (Å²) in [5.74, 6) is 1.82. The first-order chi connectivity index (χ1) is 9.28. The number of aromatic nitrogens is 2. The maximum absolute atomic E-state index is 5.34. The van der Waals surface area contributed by atoms with E-state index in [4.69, 9.17) is 9.47 Å². The van der Waals surface area contributed by atoms with E-state index in [1.54, 1.807) is 20.4 Å². The van der Waals surface area contributed by atoms with Crippen LogP contribution in [0, 0.1) is 5.92 Å². The van der Waals surface area contributed by atoms with Crippen LogP contribution in [0.25, 0.3) is 0 Å². The topological polar surface area (TPSA) is 56.3 Å². The van der Waals surface area contributed by atoms with Gasteiger partial charge in [-0.05, 0) is 19.4 Å². The van der Waals surface area contributed by atoms with Crippen molar-refractivity contribution in [3.63, 3.8) is 0 Å². The zero-order valence-corrected chi connectivity index (χ0v) is 12.0. The van der Waals surface area contributed by atoms with Gasteiger partial charge < -0.3 is 14.8 Å². The van der Waals surface area contributed by atoms with Crippen LogP contribution in [-0.2, 0) is 0 Å². The highest BCUT2D eigenvalue weighted by Gasteiger charge is 2.24. The summed E-state index contributed by atoms with van der Waals surface area (Å²) in [6.45, 7) is 0. The second kappa shape index (κ2) is 6.70. The molecule has 0 saturated heterocycles. The maximum Gasteiger partial charge on any atom is 0.240 e. The summed E-state index contributed by atoms with van der Waals surface area (Å²) in [6.07, 6.45) is 8.10. The van der Waals surface area contributed by atoms with Crippen molar-refractivity contribution in [3.05, 3.63) is 11.9 Å². The fourth-order valence-corrected chi connectivity index (χ4v) is 2.80. The lowest BCUT2D eigenvalue weighted by Crippen LogP contribution is -2.21. The number of ether oxygens (including phenoxy) is 2. The Balaban J connectivity index is 2.16. The molecule has 106 valence electrons. The van der Waals surface area contributed by atoms with Crippen LogP contribution in [0.2, 0.25) is 0 Å². The lowest BCUT2D eigenvalue weighted by atomic mass is 9.96. The lowest BCUT2D eigenvalue weighted by Gasteiger charge is -2.21. The Morgan fingerprint density at radius 3 is 2.63 bits per heavy atom. The van der Waals surface area contributed by atoms with Crippen LogP contribution in [0.1, 0.15) is 43.8 Å². The molecule has 5 heteroatoms. The molecule has 0 amide bonds. The highest BCUT2D eigenvalue weighted by atomic mass is 16.5. The summed E-state index contributed by atoms with van der Waals surface area (Å²) in [5.41, 5.74) is 0.873. The van der Waals surface area contributed by atoms with Crippen molar-refractivity contribution in [3.8, 4) is 11.8 Å². The average Bonchev–Trinajstić information content (AvgIpc) is 2.97. The second-order valence-corrected chi connectivity index (χ2v) is 5.03. The molecule has 1 saturated carbocycles. The number of methoxy groups -OCH3 is 2. The largest absolute Gasteiger partial charge is 0.480 e. The van der Waals surface area contributed by atoms with Crippen molar-refractivity contribution in [1.82, 2.24) is 15.3 Å². The molecule has 1 aromatic rings. The molecule has 0 aliphatic heterocycles. The third-order valence-corrected chi connectivity index (χ3v) is 3.87. The molecule has 1 N–H and O–H groups in total. The van der Waals surface area contributed by atoms with Gasteiger partial charge in [-0.25, -0.2) is 4.98 Å². The summed E-state index contributed by atoms with van der Waals surface area (Å²) in [4.78, 5) is 8.76. The standard InChI is InChI=1S/C14H23N3O2/c1-15-11(8-10-6-4-5-7-10)13-14(19-3)17-12(18-2)9-16-13/h9-11,15H,4-8H2,1-3H3. The van der Waals surface area contributed by atoms with E-state index in [0.29, 0.717) is 11.8 Å². The zero-order valence-electron chi connectivity index (χ0n) is 12.0. The van der Waals surface area contributed by atoms with Gasteiger partial charge in [-0.15, -0.1) is 0 Å². The van der Waals surface area contributed by atoms with E-state index < -0.39 is 0 Å². The number of rotatable bonds is 6. The number of nitrogens with one attached hydrogen (secondary N) is 1. The zero-order chi connectivity index (χ0) is 13.7. The van der Waals surface area contributed by atoms with Crippen LogP contribution in [0.15, 0.2) is 6.20 Å². The van der Waals surface area contributed by atoms with Crippen molar-refractivity contribution in [2.75, 3.05) is 21.3 Å². The molecule has 19 heavy (non-hydrogen) atoms. The van der Waals surface area contributed by atoms with Gasteiger partial charge in [0.15, 0.2) is 0 Å². The van der Waals surface area contributed by atoms with Crippen LogP contribution in [0.4, 0.5) is 0 Å². The summed E-state index contributed by atoms with van der Waals surface area (Å²) >= 11 is 0. The first kappa shape index (κ1) is 14.1. The molecule has 1 aromatic heterocycles. The van der Waals surface area contributed by atoms with Crippen LogP contribution in [0.3, 0.4) is 0 Å². The minimum absolute atomic E-state index is 0.191. The number of hydrogen-bond acceptors (Lipinski definition) is 5. The molecule has 1 unspecified atom stereocenters. The lowest BCUT2D eigenvalue weighted by molar-refractivity contribution is 0.339. The van der Waals surface area contributed by atoms with E-state index in [0.717, 1.165) is 18.0 Å². The van der Waals surface area contributed by atoms with E-state index in [9.17, 15) is 0 Å². The quantitative estimate of drug-likeness (QED) is 0.855. The Morgan fingerprint density at radius 1 is 1.32 bits per heavy atom. The Bertz CT molecular complexity index is 406. The third kappa shape index (κ3) is 3.35. The highest BCUT2D eigenvalue weighted by molar-refractivity contribution is 5.25. The molecule has 5 nitrogen and oxygen atoms in total. The Hall–Kier alpha value is -1.36. The molecule has 1 aliphatic rings. The third-order valence-electron chi connectivity index (χ3n) is 3.87. The SMILES string of the molecule is CNC(CC1CCCC1)c1ncc(OC)nc1OC. The van der Waals surface area contributed by atoms with Crippen LogP contribution < -0.4 is 14.8 Å². The fourth-order valence-electron chi connectivity index (χ4n) is 2.80. The van der Waals surface area contributed by atoms with Crippen molar-refractivity contribution in [2.24, 2.45) is 5.92 Å². The van der Waals surface area contributed by atoms with Gasteiger partial charge in [0.1, 0.15) is 5.69 Å². The Morgan fingerprint density at radius 2 is 2.05 bits per heavy atom. The molecule has 0 spiro atoms. The Kier molecular flexibility index (Phi) is 4.96. The number of nitrogens with zero attached hydrogens (tertiary/aromatic N) is 2. The van der Waals surface area contributed by atoms with E-state index >= 15 is 0 Å². The number of hydrogen-bond donors (Lipinski definition) is 1. The second-order valence-electron chi connectivity index (χ2n) is 5.03. The van der Waals surface area contributed by atoms with E-state index in [1.807, 2.05) is 7.05 Å². The van der Waals surface area contributed by atoms with Crippen LogP contribution in [0.5, 0.6) is 11.8 Å². The first-order valence-electron chi connectivity index (χ1n) is 6.90.